The van der Waals surface area contributed by atoms with E-state index in [4.69, 9.17) is 16.3 Å². The number of ether oxygens (including phenoxy) is 1. The molecule has 0 saturated carbocycles. The molecule has 0 radical (unpaired) electrons. The van der Waals surface area contributed by atoms with Crippen LogP contribution in [0.2, 0.25) is 5.02 Å². The lowest BCUT2D eigenvalue weighted by Gasteiger charge is -2.33. The van der Waals surface area contributed by atoms with Crippen LogP contribution < -0.4 is 15.0 Å². The number of amides is 1. The van der Waals surface area contributed by atoms with Crippen molar-refractivity contribution < 1.29 is 9.53 Å². The predicted molar refractivity (Wildman–Crippen MR) is 124 cm³/mol. The maximum atomic E-state index is 12.9. The molecule has 1 atom stereocenters. The number of halogens is 1. The van der Waals surface area contributed by atoms with Crippen molar-refractivity contribution in [3.05, 3.63) is 65.9 Å². The smallest absolute Gasteiger partial charge is 0.229 e. The van der Waals surface area contributed by atoms with Crippen molar-refractivity contribution in [3.63, 3.8) is 0 Å². The van der Waals surface area contributed by atoms with Crippen molar-refractivity contribution in [1.29, 1.82) is 0 Å². The van der Waals surface area contributed by atoms with Crippen LogP contribution in [0.15, 0.2) is 70.8 Å². The Kier molecular flexibility index (Phi) is 6.94. The molecule has 6 nitrogen and oxygen atoms in total. The molecule has 0 spiro atoms. The topological polar surface area (TPSA) is 67.3 Å². The van der Waals surface area contributed by atoms with Gasteiger partial charge in [-0.2, -0.15) is 0 Å². The lowest BCUT2D eigenvalue weighted by Crippen LogP contribution is -2.41. The van der Waals surface area contributed by atoms with E-state index in [-0.39, 0.29) is 11.8 Å². The summed E-state index contributed by atoms with van der Waals surface area (Å²) in [5, 5.41) is 4.29. The fourth-order valence-electron chi connectivity index (χ4n) is 3.58. The lowest BCUT2D eigenvalue weighted by molar-refractivity contribution is -0.120. The Morgan fingerprint density at radius 2 is 2.00 bits per heavy atom. The highest BCUT2D eigenvalue weighted by atomic mass is 35.5. The molecule has 1 aromatic heterocycles. The van der Waals surface area contributed by atoms with Crippen LogP contribution in [0, 0.1) is 5.92 Å². The third kappa shape index (κ3) is 5.29. The molecule has 2 heterocycles. The van der Waals surface area contributed by atoms with Gasteiger partial charge in [0, 0.05) is 36.1 Å². The van der Waals surface area contributed by atoms with Crippen molar-refractivity contribution in [2.75, 3.05) is 30.4 Å². The monoisotopic (exact) mass is 454 g/mol. The van der Waals surface area contributed by atoms with Crippen LogP contribution in [-0.4, -0.2) is 36.1 Å². The van der Waals surface area contributed by atoms with E-state index in [1.165, 1.54) is 0 Å². The van der Waals surface area contributed by atoms with Crippen molar-refractivity contribution in [2.45, 2.75) is 22.8 Å². The van der Waals surface area contributed by atoms with Gasteiger partial charge >= 0.3 is 0 Å². The zero-order valence-electron chi connectivity index (χ0n) is 17.1. The lowest BCUT2D eigenvalue weighted by atomic mass is 9.97. The number of carbonyl (C=O) groups excluding carboxylic acids is 1. The summed E-state index contributed by atoms with van der Waals surface area (Å²) >= 11 is 7.77. The number of nitrogens with zero attached hydrogens (tertiary/aromatic N) is 3. The van der Waals surface area contributed by atoms with E-state index in [0.29, 0.717) is 23.0 Å². The number of rotatable bonds is 6. The number of methoxy groups -OCH3 is 1. The zero-order chi connectivity index (χ0) is 21.6. The first kappa shape index (κ1) is 21.5. The van der Waals surface area contributed by atoms with E-state index >= 15 is 0 Å². The van der Waals surface area contributed by atoms with Crippen LogP contribution in [0.3, 0.4) is 0 Å². The standard InChI is InChI=1S/C23H23ClN4O2S/c1-30-20-10-9-17(14-19(20)24)27-22(29)16-6-5-13-28(15-16)21-23(26-12-11-25-21)31-18-7-3-2-4-8-18/h2-4,7-12,14,16H,5-6,13,15H2,1H3,(H,27,29). The van der Waals surface area contributed by atoms with Crippen LogP contribution in [0.25, 0.3) is 0 Å². The SMILES string of the molecule is COc1ccc(NC(=O)C2CCCN(c3nccnc3Sc3ccccc3)C2)cc1Cl. The largest absolute Gasteiger partial charge is 0.495 e. The van der Waals surface area contributed by atoms with E-state index in [1.807, 2.05) is 18.2 Å². The number of aromatic nitrogens is 2. The van der Waals surface area contributed by atoms with Crippen LogP contribution in [0.5, 0.6) is 5.75 Å². The molecule has 0 bridgehead atoms. The molecule has 1 aliphatic rings. The molecular weight excluding hydrogens is 432 g/mol. The van der Waals surface area contributed by atoms with Crippen LogP contribution in [0.1, 0.15) is 12.8 Å². The van der Waals surface area contributed by atoms with Crippen molar-refractivity contribution in [2.24, 2.45) is 5.92 Å². The quantitative estimate of drug-likeness (QED) is 0.556. The number of hydrogen-bond donors (Lipinski definition) is 1. The summed E-state index contributed by atoms with van der Waals surface area (Å²) < 4.78 is 5.17. The van der Waals surface area contributed by atoms with E-state index < -0.39 is 0 Å². The van der Waals surface area contributed by atoms with Crippen LogP contribution in [0.4, 0.5) is 11.5 Å². The Labute approximate surface area is 191 Å². The van der Waals surface area contributed by atoms with Gasteiger partial charge in [0.05, 0.1) is 18.1 Å². The second-order valence-electron chi connectivity index (χ2n) is 7.22. The van der Waals surface area contributed by atoms with Gasteiger partial charge in [-0.15, -0.1) is 0 Å². The highest BCUT2D eigenvalue weighted by molar-refractivity contribution is 7.99. The number of hydrogen-bond acceptors (Lipinski definition) is 6. The van der Waals surface area contributed by atoms with Gasteiger partial charge < -0.3 is 15.0 Å². The molecule has 0 aliphatic carbocycles. The molecule has 31 heavy (non-hydrogen) atoms. The Morgan fingerprint density at radius 3 is 2.77 bits per heavy atom. The third-order valence-electron chi connectivity index (χ3n) is 5.12. The Morgan fingerprint density at radius 1 is 1.19 bits per heavy atom. The number of piperidine rings is 1. The first-order valence-electron chi connectivity index (χ1n) is 10.1. The molecule has 4 rings (SSSR count). The maximum absolute atomic E-state index is 12.9. The highest BCUT2D eigenvalue weighted by Gasteiger charge is 2.28. The van der Waals surface area contributed by atoms with Gasteiger partial charge in [0.2, 0.25) is 5.91 Å². The number of anilines is 2. The molecular formula is C23H23ClN4O2S. The van der Waals surface area contributed by atoms with Gasteiger partial charge in [-0.1, -0.05) is 41.6 Å². The van der Waals surface area contributed by atoms with Gasteiger partial charge in [-0.3, -0.25) is 4.79 Å². The maximum Gasteiger partial charge on any atom is 0.229 e. The van der Waals surface area contributed by atoms with Gasteiger partial charge in [0.1, 0.15) is 10.8 Å². The average Bonchev–Trinajstić information content (AvgIpc) is 2.80. The number of benzene rings is 2. The number of carbonyl (C=O) groups is 1. The van der Waals surface area contributed by atoms with E-state index in [9.17, 15) is 4.79 Å². The molecule has 1 unspecified atom stereocenters. The Balaban J connectivity index is 1.46. The average molecular weight is 455 g/mol. The fourth-order valence-corrected chi connectivity index (χ4v) is 4.74. The summed E-state index contributed by atoms with van der Waals surface area (Å²) in [4.78, 5) is 25.3. The van der Waals surface area contributed by atoms with Crippen molar-refractivity contribution >= 4 is 40.8 Å². The molecule has 1 N–H and O–H groups in total. The van der Waals surface area contributed by atoms with Crippen molar-refractivity contribution in [3.8, 4) is 5.75 Å². The summed E-state index contributed by atoms with van der Waals surface area (Å²) in [6.45, 7) is 1.44. The number of nitrogens with one attached hydrogen (secondary N) is 1. The summed E-state index contributed by atoms with van der Waals surface area (Å²) in [7, 11) is 1.56. The van der Waals surface area contributed by atoms with Gasteiger partial charge in [0.15, 0.2) is 5.82 Å². The van der Waals surface area contributed by atoms with E-state index in [0.717, 1.165) is 35.1 Å². The summed E-state index contributed by atoms with van der Waals surface area (Å²) in [6, 6.07) is 15.3. The summed E-state index contributed by atoms with van der Waals surface area (Å²) in [5.74, 6) is 1.23. The highest BCUT2D eigenvalue weighted by Crippen LogP contribution is 2.34. The molecule has 1 saturated heterocycles. The molecule has 8 heteroatoms. The van der Waals surface area contributed by atoms with Crippen LogP contribution >= 0.6 is 23.4 Å². The second-order valence-corrected chi connectivity index (χ2v) is 8.69. The second kappa shape index (κ2) is 10.0. The van der Waals surface area contributed by atoms with Gasteiger partial charge in [-0.05, 0) is 43.2 Å². The molecule has 3 aromatic rings. The molecule has 1 amide bonds. The van der Waals surface area contributed by atoms with E-state index in [2.05, 4.69) is 32.3 Å². The zero-order valence-corrected chi connectivity index (χ0v) is 18.7. The first-order valence-corrected chi connectivity index (χ1v) is 11.3. The van der Waals surface area contributed by atoms with Gasteiger partial charge in [0.25, 0.3) is 0 Å². The van der Waals surface area contributed by atoms with Gasteiger partial charge in [-0.25, -0.2) is 9.97 Å². The molecule has 1 aliphatic heterocycles. The minimum absolute atomic E-state index is 0.0212. The molecule has 1 fully saturated rings. The third-order valence-corrected chi connectivity index (χ3v) is 6.40. The predicted octanol–water partition coefficient (Wildman–Crippen LogP) is 5.14. The summed E-state index contributed by atoms with van der Waals surface area (Å²) in [6.07, 6.45) is 5.14. The molecule has 160 valence electrons. The fraction of sp³-hybridized carbons (Fsp3) is 0.261. The minimum atomic E-state index is -0.147. The molecule has 2 aromatic carbocycles. The van der Waals surface area contributed by atoms with Crippen LogP contribution in [-0.2, 0) is 4.79 Å². The summed E-state index contributed by atoms with van der Waals surface area (Å²) in [5.41, 5.74) is 0.660. The minimum Gasteiger partial charge on any atom is -0.495 e. The van der Waals surface area contributed by atoms with Crippen molar-refractivity contribution in [1.82, 2.24) is 9.97 Å². The van der Waals surface area contributed by atoms with E-state index in [1.54, 1.807) is 49.5 Å². The normalized spacial score (nSPS) is 16.1. The Bertz CT molecular complexity index is 1050. The first-order chi connectivity index (χ1) is 15.1. The Hall–Kier alpha value is -2.77.